The van der Waals surface area contributed by atoms with E-state index in [1.165, 1.54) is 51.5 Å². The number of piperidine rings is 1. The number of aliphatic hydroxyl groups excluding tert-OH is 1. The van der Waals surface area contributed by atoms with Gasteiger partial charge in [-0.25, -0.2) is 9.48 Å². The molecule has 0 radical (unpaired) electrons. The number of H-pyrrole nitrogens is 1. The summed E-state index contributed by atoms with van der Waals surface area (Å²) in [6, 6.07) is 15.5. The Balaban J connectivity index is 0.765. The number of rotatable bonds is 13. The number of nitrogens with zero attached hydrogens (tertiary/aromatic N) is 4. The molecule has 2 aromatic carbocycles. The Labute approximate surface area is 348 Å². The van der Waals surface area contributed by atoms with Crippen LogP contribution in [0.15, 0.2) is 59.4 Å². The van der Waals surface area contributed by atoms with Crippen molar-refractivity contribution in [3.05, 3.63) is 106 Å². The third kappa shape index (κ3) is 7.37. The summed E-state index contributed by atoms with van der Waals surface area (Å²) < 4.78 is 8.60. The molecule has 58 heavy (non-hydrogen) atoms. The predicted octanol–water partition coefficient (Wildman–Crippen LogP) is 6.49. The number of aliphatic hydroxyl groups is 2. The molecule has 1 saturated heterocycles. The predicted molar refractivity (Wildman–Crippen MR) is 226 cm³/mol. The number of benzene rings is 2. The molecule has 304 valence electrons. The number of hydrogen-bond acceptors (Lipinski definition) is 12. The summed E-state index contributed by atoms with van der Waals surface area (Å²) in [4.78, 5) is 32.6. The van der Waals surface area contributed by atoms with E-state index in [9.17, 15) is 24.9 Å². The van der Waals surface area contributed by atoms with E-state index >= 15 is 0 Å². The van der Waals surface area contributed by atoms with Crippen LogP contribution in [0.5, 0.6) is 5.75 Å². The van der Waals surface area contributed by atoms with Gasteiger partial charge in [-0.15, -0.1) is 27.8 Å². The lowest BCUT2D eigenvalue weighted by Crippen LogP contribution is -2.52. The van der Waals surface area contributed by atoms with Gasteiger partial charge in [-0.1, -0.05) is 22.9 Å². The number of nitrogens with one attached hydrogen (secondary N) is 2. The highest BCUT2D eigenvalue weighted by Crippen LogP contribution is 2.51. The first-order valence-electron chi connectivity index (χ1n) is 20.1. The lowest BCUT2D eigenvalue weighted by molar-refractivity contribution is -0.181. The van der Waals surface area contributed by atoms with Gasteiger partial charge in [0.2, 0.25) is 11.2 Å². The van der Waals surface area contributed by atoms with Gasteiger partial charge in [0, 0.05) is 36.0 Å². The highest BCUT2D eigenvalue weighted by atomic mass is 35.5. The lowest BCUT2D eigenvalue weighted by atomic mass is 9.61. The SMILES string of the molecule is Cc1ccc(C(O)(C(=O)OC2CC3(CCN(CCCn4nnc5cc(CNC[C@H](O)c6ccc(O)c7[nH]c(=O)ccc67)c6c(c54)CCC6)CC3)C2)c2ccc(Cl)s2)s1. The van der Waals surface area contributed by atoms with Gasteiger partial charge in [0.05, 0.1) is 31.2 Å². The first kappa shape index (κ1) is 39.3. The summed E-state index contributed by atoms with van der Waals surface area (Å²) in [5.74, 6) is -0.654. The van der Waals surface area contributed by atoms with Crippen molar-refractivity contribution >= 4 is 62.2 Å². The monoisotopic (exact) mass is 842 g/mol. The smallest absolute Gasteiger partial charge is 0.349 e. The summed E-state index contributed by atoms with van der Waals surface area (Å²) >= 11 is 8.80. The molecule has 1 unspecified atom stereocenters. The number of aromatic amines is 1. The van der Waals surface area contributed by atoms with Crippen LogP contribution in [0.4, 0.5) is 0 Å². The Morgan fingerprint density at radius 2 is 1.84 bits per heavy atom. The normalized spacial score (nSPS) is 18.4. The maximum atomic E-state index is 13.6. The number of aromatic hydroxyl groups is 1. The van der Waals surface area contributed by atoms with Gasteiger partial charge in [0.25, 0.3) is 0 Å². The van der Waals surface area contributed by atoms with Crippen molar-refractivity contribution in [2.45, 2.75) is 89.2 Å². The summed E-state index contributed by atoms with van der Waals surface area (Å²) in [5, 5.41) is 46.3. The Morgan fingerprint density at radius 1 is 1.07 bits per heavy atom. The highest BCUT2D eigenvalue weighted by Gasteiger charge is 2.51. The third-order valence-corrected chi connectivity index (χ3v) is 15.0. The summed E-state index contributed by atoms with van der Waals surface area (Å²) in [5.41, 5.74) is 4.85. The fourth-order valence-corrected chi connectivity index (χ4v) is 11.6. The average molecular weight is 843 g/mol. The number of thiophene rings is 2. The number of halogens is 1. The van der Waals surface area contributed by atoms with Crippen molar-refractivity contribution in [3.63, 3.8) is 0 Å². The van der Waals surface area contributed by atoms with Crippen LogP contribution in [-0.2, 0) is 41.1 Å². The fraction of sp³-hybridized carbons (Fsp3) is 0.442. The van der Waals surface area contributed by atoms with E-state index in [0.29, 0.717) is 43.6 Å². The lowest BCUT2D eigenvalue weighted by Gasteiger charge is -2.51. The molecule has 5 heterocycles. The minimum absolute atomic E-state index is 0.0304. The van der Waals surface area contributed by atoms with E-state index in [-0.39, 0.29) is 22.8 Å². The van der Waals surface area contributed by atoms with E-state index in [2.05, 4.69) is 36.3 Å². The molecule has 2 aliphatic carbocycles. The zero-order chi connectivity index (χ0) is 40.2. The van der Waals surface area contributed by atoms with Gasteiger partial charge >= 0.3 is 5.97 Å². The molecule has 1 spiro atoms. The van der Waals surface area contributed by atoms with Crippen LogP contribution in [0, 0.1) is 12.3 Å². The summed E-state index contributed by atoms with van der Waals surface area (Å²) in [6.07, 6.45) is 6.79. The number of aromatic nitrogens is 4. The molecule has 2 atom stereocenters. The maximum Gasteiger partial charge on any atom is 0.349 e. The van der Waals surface area contributed by atoms with Gasteiger partial charge in [-0.3, -0.25) is 4.79 Å². The molecule has 12 nitrogen and oxygen atoms in total. The zero-order valence-corrected chi connectivity index (χ0v) is 34.7. The number of aryl methyl sites for hydroxylation is 3. The Bertz CT molecular complexity index is 2510. The average Bonchev–Trinajstić information content (AvgIpc) is 4.03. The van der Waals surface area contributed by atoms with Crippen molar-refractivity contribution < 1.29 is 24.9 Å². The molecule has 1 aliphatic heterocycles. The molecule has 1 saturated carbocycles. The van der Waals surface area contributed by atoms with Crippen LogP contribution in [0.3, 0.4) is 0 Å². The molecular formula is C43H47ClN6O6S2. The van der Waals surface area contributed by atoms with Crippen LogP contribution in [-0.4, -0.2) is 78.4 Å². The highest BCUT2D eigenvalue weighted by molar-refractivity contribution is 7.17. The topological polar surface area (TPSA) is 166 Å². The first-order valence-corrected chi connectivity index (χ1v) is 22.1. The van der Waals surface area contributed by atoms with Crippen LogP contribution < -0.4 is 10.9 Å². The minimum atomic E-state index is -1.86. The van der Waals surface area contributed by atoms with Gasteiger partial charge in [-0.05, 0) is 148 Å². The number of phenols is 1. The van der Waals surface area contributed by atoms with Crippen molar-refractivity contribution in [2.75, 3.05) is 26.2 Å². The van der Waals surface area contributed by atoms with Crippen LogP contribution >= 0.6 is 34.3 Å². The molecule has 6 aromatic rings. The number of phenolic OH excluding ortho intramolecular Hbond substituents is 1. The molecule has 0 amide bonds. The number of ether oxygens (including phenoxy) is 1. The number of esters is 1. The molecule has 15 heteroatoms. The first-order chi connectivity index (χ1) is 28.0. The van der Waals surface area contributed by atoms with Crippen LogP contribution in [0.1, 0.15) is 81.5 Å². The Morgan fingerprint density at radius 3 is 2.60 bits per heavy atom. The summed E-state index contributed by atoms with van der Waals surface area (Å²) in [6.45, 7) is 6.62. The largest absolute Gasteiger partial charge is 0.506 e. The number of fused-ring (bicyclic) bond motifs is 4. The van der Waals surface area contributed by atoms with Gasteiger partial charge in [-0.2, -0.15) is 0 Å². The molecule has 5 N–H and O–H groups in total. The van der Waals surface area contributed by atoms with E-state index in [1.54, 1.807) is 30.3 Å². The van der Waals surface area contributed by atoms with E-state index in [1.807, 2.05) is 13.0 Å². The quantitative estimate of drug-likeness (QED) is 0.0812. The van der Waals surface area contributed by atoms with Crippen molar-refractivity contribution in [2.24, 2.45) is 5.41 Å². The van der Waals surface area contributed by atoms with Crippen LogP contribution in [0.25, 0.3) is 21.9 Å². The number of likely N-dealkylation sites (tertiary alicyclic amines) is 1. The molecule has 0 bridgehead atoms. The number of carbonyl (C=O) groups excluding carboxylic acids is 1. The minimum Gasteiger partial charge on any atom is -0.506 e. The van der Waals surface area contributed by atoms with Gasteiger partial charge < -0.3 is 35.3 Å². The van der Waals surface area contributed by atoms with Crippen molar-refractivity contribution in [1.82, 2.24) is 30.2 Å². The number of carbonyl (C=O) groups is 1. The zero-order valence-electron chi connectivity index (χ0n) is 32.3. The standard InChI is InChI=1S/C43H47ClN6O6S2/c1-25-6-10-35(57-25)43(55,36-11-12-37(44)58-36)41(54)56-27-21-42(22-27)14-18-49(19-15-42)16-3-17-50-40-31-5-2-4-28(31)26(20-32(40)47-48-50)23-45-24-34(52)29-7-9-33(51)39-30(29)8-13-38(53)46-39/h6-13,20,27,34,45,51-52,55H,2-5,14-19,21-24H2,1H3,(H,46,53)/t34-,43?/m0/s1. The van der Waals surface area contributed by atoms with Crippen LogP contribution in [0.2, 0.25) is 4.34 Å². The third-order valence-electron chi connectivity index (χ3n) is 12.6. The second kappa shape index (κ2) is 15.8. The number of pyridine rings is 1. The fourth-order valence-electron chi connectivity index (χ4n) is 9.45. The van der Waals surface area contributed by atoms with Gasteiger partial charge in [0.1, 0.15) is 17.4 Å². The molecule has 9 rings (SSSR count). The molecule has 3 aliphatic rings. The number of hydrogen-bond donors (Lipinski definition) is 5. The molecular weight excluding hydrogens is 796 g/mol. The van der Waals surface area contributed by atoms with E-state index in [0.717, 1.165) is 93.5 Å². The van der Waals surface area contributed by atoms with E-state index < -0.39 is 17.7 Å². The van der Waals surface area contributed by atoms with Crippen molar-refractivity contribution in [3.8, 4) is 5.75 Å². The summed E-state index contributed by atoms with van der Waals surface area (Å²) in [7, 11) is 0. The molecule has 2 fully saturated rings. The van der Waals surface area contributed by atoms with Gasteiger partial charge in [0.15, 0.2) is 0 Å². The van der Waals surface area contributed by atoms with Crippen molar-refractivity contribution in [1.29, 1.82) is 0 Å². The Kier molecular flexibility index (Phi) is 10.7. The molecule has 4 aromatic heterocycles. The second-order valence-corrected chi connectivity index (χ2v) is 19.3. The maximum absolute atomic E-state index is 13.6. The second-order valence-electron chi connectivity index (χ2n) is 16.3. The Hall–Kier alpha value is -4.15. The van der Waals surface area contributed by atoms with E-state index in [4.69, 9.17) is 16.3 Å².